The normalized spacial score (nSPS) is 18.4. The number of carbonyl (C=O) groups is 1. The van der Waals surface area contributed by atoms with Gasteiger partial charge in [-0.05, 0) is 41.7 Å². The van der Waals surface area contributed by atoms with Crippen molar-refractivity contribution in [3.8, 4) is 0 Å². The first kappa shape index (κ1) is 12.9. The summed E-state index contributed by atoms with van der Waals surface area (Å²) >= 11 is 5.95. The van der Waals surface area contributed by atoms with Crippen LogP contribution in [0.25, 0.3) is 0 Å². The Hall–Kier alpha value is -1.80. The van der Waals surface area contributed by atoms with Gasteiger partial charge in [-0.3, -0.25) is 4.79 Å². The maximum absolute atomic E-state index is 13.0. The zero-order valence-corrected chi connectivity index (χ0v) is 12.4. The molecule has 1 amide bonds. The van der Waals surface area contributed by atoms with Gasteiger partial charge in [0.2, 0.25) is 5.91 Å². The Labute approximate surface area is 129 Å². The fourth-order valence-corrected chi connectivity index (χ4v) is 3.43. The van der Waals surface area contributed by atoms with E-state index < -0.39 is 0 Å². The number of amides is 1. The molecule has 21 heavy (non-hydrogen) atoms. The molecule has 0 aromatic heterocycles. The Morgan fingerprint density at radius 1 is 0.952 bits per heavy atom. The van der Waals surface area contributed by atoms with Crippen molar-refractivity contribution >= 4 is 17.5 Å². The smallest absolute Gasteiger partial charge is 0.233 e. The number of halogens is 1. The molecule has 4 rings (SSSR count). The number of hydrogen-bond donors (Lipinski definition) is 0. The quantitative estimate of drug-likeness (QED) is 0.823. The molecule has 0 saturated heterocycles. The maximum atomic E-state index is 13.0. The lowest BCUT2D eigenvalue weighted by atomic mass is 9.94. The molecule has 0 spiro atoms. The van der Waals surface area contributed by atoms with Crippen molar-refractivity contribution in [2.45, 2.75) is 31.3 Å². The summed E-state index contributed by atoms with van der Waals surface area (Å²) in [5, 5.41) is 0.718. The first-order valence-electron chi connectivity index (χ1n) is 7.31. The number of fused-ring (bicyclic) bond motifs is 1. The van der Waals surface area contributed by atoms with Crippen molar-refractivity contribution in [1.29, 1.82) is 0 Å². The summed E-state index contributed by atoms with van der Waals surface area (Å²) in [4.78, 5) is 15.0. The van der Waals surface area contributed by atoms with Gasteiger partial charge >= 0.3 is 0 Å². The molecule has 0 N–H and O–H groups in total. The van der Waals surface area contributed by atoms with Crippen molar-refractivity contribution in [1.82, 2.24) is 4.90 Å². The topological polar surface area (TPSA) is 20.3 Å². The van der Waals surface area contributed by atoms with E-state index in [-0.39, 0.29) is 11.3 Å². The Morgan fingerprint density at radius 2 is 1.52 bits per heavy atom. The molecule has 1 fully saturated rings. The van der Waals surface area contributed by atoms with Crippen LogP contribution in [-0.2, 0) is 23.3 Å². The predicted molar refractivity (Wildman–Crippen MR) is 83.1 cm³/mol. The van der Waals surface area contributed by atoms with Crippen molar-refractivity contribution in [3.63, 3.8) is 0 Å². The fraction of sp³-hybridized carbons (Fsp3) is 0.278. The van der Waals surface area contributed by atoms with Gasteiger partial charge in [0, 0.05) is 18.1 Å². The third-order valence-electron chi connectivity index (χ3n) is 4.68. The predicted octanol–water partition coefficient (Wildman–Crippen LogP) is 3.91. The van der Waals surface area contributed by atoms with Crippen molar-refractivity contribution in [2.24, 2.45) is 0 Å². The second-order valence-corrected chi connectivity index (χ2v) is 6.46. The van der Waals surface area contributed by atoms with Crippen LogP contribution in [0.3, 0.4) is 0 Å². The lowest BCUT2D eigenvalue weighted by molar-refractivity contribution is -0.134. The van der Waals surface area contributed by atoms with Crippen LogP contribution in [-0.4, -0.2) is 10.8 Å². The molecule has 1 aliphatic heterocycles. The Balaban J connectivity index is 1.60. The molecule has 1 saturated carbocycles. The standard InChI is InChI=1S/C18H16ClNO/c19-16-7-5-15(6-8-16)18(9-10-18)17(21)20-11-13-3-1-2-4-14(13)12-20/h1-8H,9-12H2. The molecule has 2 nitrogen and oxygen atoms in total. The summed E-state index contributed by atoms with van der Waals surface area (Å²) in [5.74, 6) is 0.265. The van der Waals surface area contributed by atoms with Gasteiger partial charge < -0.3 is 4.90 Å². The number of nitrogens with zero attached hydrogens (tertiary/aromatic N) is 1. The molecule has 2 aromatic carbocycles. The zero-order valence-electron chi connectivity index (χ0n) is 11.7. The van der Waals surface area contributed by atoms with E-state index in [0.29, 0.717) is 0 Å². The lowest BCUT2D eigenvalue weighted by Crippen LogP contribution is -2.35. The van der Waals surface area contributed by atoms with E-state index in [0.717, 1.165) is 36.5 Å². The van der Waals surface area contributed by atoms with E-state index in [1.165, 1.54) is 11.1 Å². The van der Waals surface area contributed by atoms with Gasteiger partial charge in [0.1, 0.15) is 0 Å². The molecular formula is C18H16ClNO. The van der Waals surface area contributed by atoms with Crippen molar-refractivity contribution < 1.29 is 4.79 Å². The number of rotatable bonds is 2. The van der Waals surface area contributed by atoms with E-state index in [2.05, 4.69) is 12.1 Å². The summed E-state index contributed by atoms with van der Waals surface area (Å²) in [6.07, 6.45) is 1.89. The largest absolute Gasteiger partial charge is 0.333 e. The molecule has 1 heterocycles. The highest BCUT2D eigenvalue weighted by molar-refractivity contribution is 6.30. The third-order valence-corrected chi connectivity index (χ3v) is 4.94. The van der Waals surface area contributed by atoms with E-state index >= 15 is 0 Å². The Morgan fingerprint density at radius 3 is 2.05 bits per heavy atom. The molecule has 0 unspecified atom stereocenters. The van der Waals surface area contributed by atoms with Gasteiger partial charge in [-0.15, -0.1) is 0 Å². The minimum Gasteiger partial charge on any atom is -0.333 e. The molecular weight excluding hydrogens is 282 g/mol. The molecule has 0 bridgehead atoms. The monoisotopic (exact) mass is 297 g/mol. The fourth-order valence-electron chi connectivity index (χ4n) is 3.30. The van der Waals surface area contributed by atoms with Crippen LogP contribution >= 0.6 is 11.6 Å². The van der Waals surface area contributed by atoms with Gasteiger partial charge in [0.25, 0.3) is 0 Å². The van der Waals surface area contributed by atoms with Gasteiger partial charge in [0.15, 0.2) is 0 Å². The second-order valence-electron chi connectivity index (χ2n) is 6.02. The van der Waals surface area contributed by atoms with Gasteiger partial charge in [-0.1, -0.05) is 48.0 Å². The van der Waals surface area contributed by atoms with Crippen LogP contribution in [0.5, 0.6) is 0 Å². The van der Waals surface area contributed by atoms with Crippen molar-refractivity contribution in [2.75, 3.05) is 0 Å². The summed E-state index contributed by atoms with van der Waals surface area (Å²) < 4.78 is 0. The molecule has 0 radical (unpaired) electrons. The van der Waals surface area contributed by atoms with E-state index in [1.807, 2.05) is 41.3 Å². The van der Waals surface area contributed by atoms with Crippen LogP contribution in [0, 0.1) is 0 Å². The van der Waals surface area contributed by atoms with Crippen LogP contribution in [0.1, 0.15) is 29.5 Å². The Kier molecular flexibility index (Phi) is 2.83. The summed E-state index contributed by atoms with van der Waals surface area (Å²) in [6, 6.07) is 16.1. The first-order chi connectivity index (χ1) is 10.2. The molecule has 106 valence electrons. The summed E-state index contributed by atoms with van der Waals surface area (Å²) in [6.45, 7) is 1.48. The van der Waals surface area contributed by atoms with E-state index in [9.17, 15) is 4.79 Å². The third kappa shape index (κ3) is 2.06. The van der Waals surface area contributed by atoms with Crippen LogP contribution in [0.4, 0.5) is 0 Å². The van der Waals surface area contributed by atoms with Gasteiger partial charge in [0.05, 0.1) is 5.41 Å². The van der Waals surface area contributed by atoms with E-state index in [4.69, 9.17) is 11.6 Å². The highest BCUT2D eigenvalue weighted by atomic mass is 35.5. The molecule has 2 aliphatic rings. The summed E-state index contributed by atoms with van der Waals surface area (Å²) in [5.41, 5.74) is 3.36. The molecule has 0 atom stereocenters. The van der Waals surface area contributed by atoms with Gasteiger partial charge in [-0.25, -0.2) is 0 Å². The number of carbonyl (C=O) groups excluding carboxylic acids is 1. The summed E-state index contributed by atoms with van der Waals surface area (Å²) in [7, 11) is 0. The minimum atomic E-state index is -0.299. The van der Waals surface area contributed by atoms with Crippen LogP contribution < -0.4 is 0 Å². The zero-order chi connectivity index (χ0) is 14.4. The molecule has 2 aromatic rings. The van der Waals surface area contributed by atoms with E-state index in [1.54, 1.807) is 0 Å². The first-order valence-corrected chi connectivity index (χ1v) is 7.69. The average Bonchev–Trinajstić information content (AvgIpc) is 3.19. The molecule has 1 aliphatic carbocycles. The van der Waals surface area contributed by atoms with Crippen LogP contribution in [0.2, 0.25) is 5.02 Å². The minimum absolute atomic E-state index is 0.265. The number of benzene rings is 2. The average molecular weight is 298 g/mol. The highest BCUT2D eigenvalue weighted by Gasteiger charge is 2.53. The highest BCUT2D eigenvalue weighted by Crippen LogP contribution is 2.50. The maximum Gasteiger partial charge on any atom is 0.233 e. The van der Waals surface area contributed by atoms with Crippen molar-refractivity contribution in [3.05, 3.63) is 70.2 Å². The SMILES string of the molecule is O=C(N1Cc2ccccc2C1)C1(c2ccc(Cl)cc2)CC1. The van der Waals surface area contributed by atoms with Crippen LogP contribution in [0.15, 0.2) is 48.5 Å². The second kappa shape index (κ2) is 4.60. The lowest BCUT2D eigenvalue weighted by Gasteiger charge is -2.23. The Bertz CT molecular complexity index is 678. The van der Waals surface area contributed by atoms with Gasteiger partial charge in [-0.2, -0.15) is 0 Å². The number of hydrogen-bond acceptors (Lipinski definition) is 1. The molecule has 3 heteroatoms.